The van der Waals surface area contributed by atoms with Crippen molar-refractivity contribution in [2.75, 3.05) is 31.5 Å². The van der Waals surface area contributed by atoms with Gasteiger partial charge in [0.05, 0.1) is 11.9 Å². The molecule has 0 bridgehead atoms. The van der Waals surface area contributed by atoms with Gasteiger partial charge in [0.25, 0.3) is 0 Å². The van der Waals surface area contributed by atoms with Crippen molar-refractivity contribution in [1.29, 1.82) is 0 Å². The van der Waals surface area contributed by atoms with Crippen LogP contribution in [0.4, 0.5) is 19.3 Å². The van der Waals surface area contributed by atoms with Crippen LogP contribution in [0.3, 0.4) is 0 Å². The first kappa shape index (κ1) is 26.0. The van der Waals surface area contributed by atoms with Crippen molar-refractivity contribution in [2.24, 2.45) is 11.7 Å². The monoisotopic (exact) mass is 456 g/mol. The Labute approximate surface area is 186 Å². The summed E-state index contributed by atoms with van der Waals surface area (Å²) in [4.78, 5) is 27.1. The first-order valence-corrected chi connectivity index (χ1v) is 10.7. The van der Waals surface area contributed by atoms with Gasteiger partial charge in [0.1, 0.15) is 0 Å². The molecule has 1 aromatic carbocycles. The van der Waals surface area contributed by atoms with E-state index in [-0.39, 0.29) is 38.3 Å². The highest BCUT2D eigenvalue weighted by Gasteiger charge is 2.37. The average molecular weight is 456 g/mol. The predicted octanol–water partition coefficient (Wildman–Crippen LogP) is 1.10. The van der Waals surface area contributed by atoms with E-state index in [1.807, 2.05) is 6.92 Å². The van der Waals surface area contributed by atoms with Gasteiger partial charge in [-0.1, -0.05) is 19.8 Å². The minimum Gasteiger partial charge on any atom is -0.481 e. The van der Waals surface area contributed by atoms with Crippen LogP contribution in [0, 0.1) is 17.6 Å². The summed E-state index contributed by atoms with van der Waals surface area (Å²) < 4.78 is 26.4. The zero-order valence-corrected chi connectivity index (χ0v) is 18.1. The fourth-order valence-electron chi connectivity index (χ4n) is 3.85. The van der Waals surface area contributed by atoms with Gasteiger partial charge in [-0.25, -0.2) is 13.6 Å². The second-order valence-electron chi connectivity index (χ2n) is 8.15. The number of aliphatic carboxylic acids is 1. The molecule has 2 amide bonds. The molecule has 1 aromatic rings. The second kappa shape index (κ2) is 12.1. The number of carboxylic acids is 1. The first-order chi connectivity index (χ1) is 15.1. The number of nitrogens with two attached hydrogens (primary N) is 1. The number of benzene rings is 1. The molecule has 0 aromatic heterocycles. The molecule has 1 heterocycles. The molecule has 32 heavy (non-hydrogen) atoms. The third kappa shape index (κ3) is 7.40. The molecule has 2 rings (SSSR count). The number of amides is 2. The number of unbranched alkanes of at least 4 members (excludes halogenated alkanes) is 1. The quantitative estimate of drug-likeness (QED) is 0.332. The van der Waals surface area contributed by atoms with Crippen molar-refractivity contribution in [1.82, 2.24) is 9.80 Å². The number of anilines is 1. The maximum absolute atomic E-state index is 13.4. The van der Waals surface area contributed by atoms with Crippen LogP contribution in [0.5, 0.6) is 0 Å². The third-order valence-electron chi connectivity index (χ3n) is 5.65. The number of piperazine rings is 1. The lowest BCUT2D eigenvalue weighted by atomic mass is 9.76. The molecule has 6 N–H and O–H groups in total. The van der Waals surface area contributed by atoms with Gasteiger partial charge in [0.15, 0.2) is 11.6 Å². The highest BCUT2D eigenvalue weighted by Crippen LogP contribution is 2.19. The van der Waals surface area contributed by atoms with Gasteiger partial charge >= 0.3 is 19.1 Å². The number of hydrogen-bond acceptors (Lipinski definition) is 6. The standard InChI is InChI=1S/C20H31BF2N4O5/c1-2-3-4-13(19(28)29)9-14(24)11-26-7-8-27(12-18(26)21(31)32)20(30)25-15-5-6-16(22)17(23)10-15/h5-6,10,13-14,18,31-32H,2-4,7-9,11-12,24H2,1H3,(H,25,30)(H,28,29). The summed E-state index contributed by atoms with van der Waals surface area (Å²) >= 11 is 0. The van der Waals surface area contributed by atoms with E-state index < -0.39 is 48.7 Å². The van der Waals surface area contributed by atoms with Gasteiger partial charge in [0.2, 0.25) is 0 Å². The zero-order valence-electron chi connectivity index (χ0n) is 18.1. The number of urea groups is 1. The number of carboxylic acid groups (broad SMARTS) is 1. The van der Waals surface area contributed by atoms with Crippen LogP contribution in [0.2, 0.25) is 0 Å². The maximum Gasteiger partial charge on any atom is 0.471 e. The number of halogens is 2. The van der Waals surface area contributed by atoms with Crippen molar-refractivity contribution in [3.05, 3.63) is 29.8 Å². The minimum absolute atomic E-state index is 0.0297. The SMILES string of the molecule is CCCCC(CC(N)CN1CCN(C(=O)Nc2ccc(F)c(F)c2)CC1B(O)O)C(=O)O. The molecule has 0 saturated carbocycles. The van der Waals surface area contributed by atoms with Crippen LogP contribution in [0.1, 0.15) is 32.6 Å². The van der Waals surface area contributed by atoms with Crippen molar-refractivity contribution in [3.63, 3.8) is 0 Å². The number of carbonyl (C=O) groups excluding carboxylic acids is 1. The van der Waals surface area contributed by atoms with Crippen molar-refractivity contribution in [3.8, 4) is 0 Å². The molecule has 178 valence electrons. The maximum atomic E-state index is 13.4. The molecular weight excluding hydrogens is 425 g/mol. The summed E-state index contributed by atoms with van der Waals surface area (Å²) in [7, 11) is -1.75. The van der Waals surface area contributed by atoms with Crippen LogP contribution in [0.25, 0.3) is 0 Å². The van der Waals surface area contributed by atoms with E-state index in [4.69, 9.17) is 5.73 Å². The van der Waals surface area contributed by atoms with E-state index in [9.17, 15) is 33.5 Å². The van der Waals surface area contributed by atoms with Crippen LogP contribution < -0.4 is 11.1 Å². The summed E-state index contributed by atoms with van der Waals surface area (Å²) in [5.41, 5.74) is 6.25. The zero-order chi connectivity index (χ0) is 23.8. The Hall–Kier alpha value is -2.28. The fraction of sp³-hybridized carbons (Fsp3) is 0.600. The van der Waals surface area contributed by atoms with E-state index in [1.54, 1.807) is 4.90 Å². The number of carbonyl (C=O) groups is 2. The van der Waals surface area contributed by atoms with E-state index in [0.717, 1.165) is 25.0 Å². The molecule has 1 fully saturated rings. The molecule has 0 spiro atoms. The molecule has 1 aliphatic heterocycles. The van der Waals surface area contributed by atoms with E-state index in [0.29, 0.717) is 6.42 Å². The van der Waals surface area contributed by atoms with Crippen molar-refractivity contribution in [2.45, 2.75) is 44.6 Å². The molecule has 0 radical (unpaired) electrons. The summed E-state index contributed by atoms with van der Waals surface area (Å²) in [6.45, 7) is 2.72. The Morgan fingerprint density at radius 1 is 1.28 bits per heavy atom. The Bertz CT molecular complexity index is 788. The second-order valence-corrected chi connectivity index (χ2v) is 8.15. The largest absolute Gasteiger partial charge is 0.481 e. The van der Waals surface area contributed by atoms with E-state index in [1.165, 1.54) is 11.0 Å². The molecule has 3 unspecified atom stereocenters. The third-order valence-corrected chi connectivity index (χ3v) is 5.65. The summed E-state index contributed by atoms with van der Waals surface area (Å²) in [6, 6.07) is 1.91. The van der Waals surface area contributed by atoms with Crippen LogP contribution >= 0.6 is 0 Å². The van der Waals surface area contributed by atoms with Crippen LogP contribution in [-0.2, 0) is 4.79 Å². The Morgan fingerprint density at radius 2 is 2.00 bits per heavy atom. The van der Waals surface area contributed by atoms with Gasteiger partial charge < -0.3 is 31.1 Å². The first-order valence-electron chi connectivity index (χ1n) is 10.7. The number of nitrogens with one attached hydrogen (secondary N) is 1. The molecule has 9 nitrogen and oxygen atoms in total. The Kier molecular flexibility index (Phi) is 9.82. The number of nitrogens with zero attached hydrogens (tertiary/aromatic N) is 2. The average Bonchev–Trinajstić information content (AvgIpc) is 2.73. The molecule has 12 heteroatoms. The molecule has 1 aliphatic rings. The number of rotatable bonds is 10. The normalized spacial score (nSPS) is 18.8. The van der Waals surface area contributed by atoms with Crippen LogP contribution in [-0.4, -0.2) is 82.2 Å². The Morgan fingerprint density at radius 3 is 2.59 bits per heavy atom. The van der Waals surface area contributed by atoms with Gasteiger partial charge in [-0.15, -0.1) is 0 Å². The summed E-state index contributed by atoms with van der Waals surface area (Å²) in [5, 5.41) is 31.5. The lowest BCUT2D eigenvalue weighted by molar-refractivity contribution is -0.142. The fourth-order valence-corrected chi connectivity index (χ4v) is 3.85. The predicted molar refractivity (Wildman–Crippen MR) is 116 cm³/mol. The molecule has 0 aliphatic carbocycles. The van der Waals surface area contributed by atoms with E-state index in [2.05, 4.69) is 5.32 Å². The summed E-state index contributed by atoms with van der Waals surface area (Å²) in [6.07, 6.45) is 2.46. The smallest absolute Gasteiger partial charge is 0.471 e. The van der Waals surface area contributed by atoms with Crippen LogP contribution in [0.15, 0.2) is 18.2 Å². The van der Waals surface area contributed by atoms with Gasteiger partial charge in [-0.2, -0.15) is 0 Å². The molecule has 1 saturated heterocycles. The highest BCUT2D eigenvalue weighted by molar-refractivity contribution is 6.43. The lowest BCUT2D eigenvalue weighted by Gasteiger charge is -2.42. The lowest BCUT2D eigenvalue weighted by Crippen LogP contribution is -2.62. The number of hydrogen-bond donors (Lipinski definition) is 5. The van der Waals surface area contributed by atoms with Gasteiger partial charge in [-0.05, 0) is 25.0 Å². The topological polar surface area (TPSA) is 139 Å². The van der Waals surface area contributed by atoms with Gasteiger partial charge in [0, 0.05) is 44.0 Å². The van der Waals surface area contributed by atoms with Crippen molar-refractivity contribution >= 4 is 24.8 Å². The molecule has 3 atom stereocenters. The molecular formula is C20H31BF2N4O5. The summed E-state index contributed by atoms with van der Waals surface area (Å²) in [5.74, 6) is -4.42. The van der Waals surface area contributed by atoms with Crippen molar-refractivity contribution < 1.29 is 33.5 Å². The van der Waals surface area contributed by atoms with E-state index >= 15 is 0 Å². The Balaban J connectivity index is 1.96. The highest BCUT2D eigenvalue weighted by atomic mass is 19.2. The minimum atomic E-state index is -1.75. The van der Waals surface area contributed by atoms with Gasteiger partial charge in [-0.3, -0.25) is 9.69 Å².